The number of methoxy groups -OCH3 is 1. The highest BCUT2D eigenvalue weighted by Gasteiger charge is 2.41. The van der Waals surface area contributed by atoms with Crippen LogP contribution in [-0.4, -0.2) is 39.3 Å². The maximum atomic E-state index is 12.4. The Labute approximate surface area is 128 Å². The first-order valence-electron chi connectivity index (χ1n) is 6.89. The molecule has 0 aliphatic carbocycles. The largest absolute Gasteiger partial charge is 0.384 e. The molecule has 1 unspecified atom stereocenters. The van der Waals surface area contributed by atoms with Crippen molar-refractivity contribution >= 4 is 21.8 Å². The van der Waals surface area contributed by atoms with Gasteiger partial charge in [0.1, 0.15) is 0 Å². The number of benzene rings is 1. The fourth-order valence-electron chi connectivity index (χ4n) is 2.56. The van der Waals surface area contributed by atoms with Crippen LogP contribution in [0.1, 0.15) is 12.0 Å². The Kier molecular flexibility index (Phi) is 5.57. The van der Waals surface area contributed by atoms with Gasteiger partial charge in [-0.25, -0.2) is 0 Å². The molecule has 1 saturated heterocycles. The molecular weight excluding hydrogens is 320 g/mol. The van der Waals surface area contributed by atoms with Crippen molar-refractivity contribution in [3.63, 3.8) is 0 Å². The van der Waals surface area contributed by atoms with E-state index in [9.17, 15) is 4.79 Å². The second kappa shape index (κ2) is 7.20. The van der Waals surface area contributed by atoms with Crippen molar-refractivity contribution in [2.45, 2.75) is 12.8 Å². The van der Waals surface area contributed by atoms with E-state index in [4.69, 9.17) is 4.74 Å². The second-order valence-electron chi connectivity index (χ2n) is 5.27. The summed E-state index contributed by atoms with van der Waals surface area (Å²) < 4.78 is 6.29. The lowest BCUT2D eigenvalue weighted by Gasteiger charge is -2.25. The van der Waals surface area contributed by atoms with Crippen LogP contribution in [0.4, 0.5) is 0 Å². The van der Waals surface area contributed by atoms with Crippen LogP contribution in [0.25, 0.3) is 0 Å². The van der Waals surface area contributed by atoms with Crippen molar-refractivity contribution in [3.05, 3.63) is 34.3 Å². The quantitative estimate of drug-likeness (QED) is 0.829. The Hall–Kier alpha value is -0.910. The number of ether oxygens (including phenoxy) is 1. The highest BCUT2D eigenvalue weighted by Crippen LogP contribution is 2.26. The van der Waals surface area contributed by atoms with Crippen LogP contribution in [0, 0.1) is 5.41 Å². The Morgan fingerprint density at radius 3 is 2.80 bits per heavy atom. The molecule has 0 radical (unpaired) electrons. The van der Waals surface area contributed by atoms with E-state index in [0.717, 1.165) is 23.9 Å². The number of rotatable bonds is 6. The Morgan fingerprint density at radius 2 is 2.20 bits per heavy atom. The van der Waals surface area contributed by atoms with E-state index in [-0.39, 0.29) is 5.91 Å². The van der Waals surface area contributed by atoms with Gasteiger partial charge >= 0.3 is 0 Å². The summed E-state index contributed by atoms with van der Waals surface area (Å²) >= 11 is 3.42. The maximum Gasteiger partial charge on any atom is 0.229 e. The fraction of sp³-hybridized carbons (Fsp3) is 0.533. The van der Waals surface area contributed by atoms with Crippen molar-refractivity contribution in [1.82, 2.24) is 10.6 Å². The third-order valence-electron chi connectivity index (χ3n) is 3.76. The normalized spacial score (nSPS) is 21.9. The van der Waals surface area contributed by atoms with Crippen molar-refractivity contribution in [1.29, 1.82) is 0 Å². The molecule has 0 aromatic heterocycles. The molecular formula is C15H21BrN2O2. The average molecular weight is 341 g/mol. The molecule has 1 aromatic rings. The summed E-state index contributed by atoms with van der Waals surface area (Å²) in [5, 5.41) is 6.29. The van der Waals surface area contributed by atoms with Crippen molar-refractivity contribution in [3.8, 4) is 0 Å². The number of hydrogen-bond acceptors (Lipinski definition) is 3. The third kappa shape index (κ3) is 3.81. The van der Waals surface area contributed by atoms with Crippen LogP contribution in [0.5, 0.6) is 0 Å². The molecule has 0 spiro atoms. The standard InChI is InChI=1S/C15H21BrN2O2/c1-20-11-15(7-9-17-10-15)14(19)18-8-6-12-2-4-13(16)5-3-12/h2-5,17H,6-11H2,1H3,(H,18,19). The van der Waals surface area contributed by atoms with Gasteiger partial charge in [-0.3, -0.25) is 4.79 Å². The monoisotopic (exact) mass is 340 g/mol. The van der Waals surface area contributed by atoms with Crippen LogP contribution >= 0.6 is 15.9 Å². The molecule has 1 fully saturated rings. The van der Waals surface area contributed by atoms with Gasteiger partial charge in [0.2, 0.25) is 5.91 Å². The highest BCUT2D eigenvalue weighted by molar-refractivity contribution is 9.10. The molecule has 1 atom stereocenters. The van der Waals surface area contributed by atoms with Crippen LogP contribution in [0.15, 0.2) is 28.7 Å². The molecule has 1 aliphatic heterocycles. The topological polar surface area (TPSA) is 50.4 Å². The number of amides is 1. The van der Waals surface area contributed by atoms with Gasteiger partial charge in [-0.15, -0.1) is 0 Å². The number of carbonyl (C=O) groups excluding carboxylic acids is 1. The fourth-order valence-corrected chi connectivity index (χ4v) is 2.83. The number of hydrogen-bond donors (Lipinski definition) is 2. The van der Waals surface area contributed by atoms with Crippen molar-refractivity contribution in [2.24, 2.45) is 5.41 Å². The van der Waals surface area contributed by atoms with Crippen LogP contribution in [-0.2, 0) is 16.0 Å². The van der Waals surface area contributed by atoms with Gasteiger partial charge in [0.05, 0.1) is 12.0 Å². The van der Waals surface area contributed by atoms with Gasteiger partial charge in [-0.1, -0.05) is 28.1 Å². The lowest BCUT2D eigenvalue weighted by Crippen LogP contribution is -2.46. The first-order chi connectivity index (χ1) is 9.66. The molecule has 4 nitrogen and oxygen atoms in total. The number of carbonyl (C=O) groups is 1. The molecule has 0 bridgehead atoms. The predicted molar refractivity (Wildman–Crippen MR) is 82.7 cm³/mol. The molecule has 1 aliphatic rings. The Balaban J connectivity index is 1.83. The van der Waals surface area contributed by atoms with Gasteiger partial charge in [-0.05, 0) is 37.1 Å². The summed E-state index contributed by atoms with van der Waals surface area (Å²) in [6.07, 6.45) is 1.68. The SMILES string of the molecule is COCC1(C(=O)NCCc2ccc(Br)cc2)CCNC1. The third-order valence-corrected chi connectivity index (χ3v) is 4.29. The van der Waals surface area contributed by atoms with Crippen LogP contribution < -0.4 is 10.6 Å². The summed E-state index contributed by atoms with van der Waals surface area (Å²) in [5.41, 5.74) is 0.827. The maximum absolute atomic E-state index is 12.4. The molecule has 2 rings (SSSR count). The molecule has 1 heterocycles. The van der Waals surface area contributed by atoms with E-state index in [1.54, 1.807) is 7.11 Å². The van der Waals surface area contributed by atoms with E-state index in [2.05, 4.69) is 38.7 Å². The average Bonchev–Trinajstić information content (AvgIpc) is 2.91. The second-order valence-corrected chi connectivity index (χ2v) is 6.19. The number of nitrogens with one attached hydrogen (secondary N) is 2. The molecule has 1 amide bonds. The van der Waals surface area contributed by atoms with Gasteiger partial charge in [0.25, 0.3) is 0 Å². The van der Waals surface area contributed by atoms with Gasteiger partial charge in [0, 0.05) is 24.7 Å². The summed E-state index contributed by atoms with van der Waals surface area (Å²) in [5.74, 6) is 0.0986. The van der Waals surface area contributed by atoms with E-state index in [0.29, 0.717) is 19.7 Å². The van der Waals surface area contributed by atoms with Crippen molar-refractivity contribution < 1.29 is 9.53 Å². The summed E-state index contributed by atoms with van der Waals surface area (Å²) in [7, 11) is 1.65. The van der Waals surface area contributed by atoms with E-state index < -0.39 is 5.41 Å². The van der Waals surface area contributed by atoms with Crippen LogP contribution in [0.3, 0.4) is 0 Å². The zero-order chi connectivity index (χ0) is 14.4. The molecule has 1 aromatic carbocycles. The summed E-state index contributed by atoms with van der Waals surface area (Å²) in [6, 6.07) is 8.17. The van der Waals surface area contributed by atoms with Gasteiger partial charge in [-0.2, -0.15) is 0 Å². The summed E-state index contributed by atoms with van der Waals surface area (Å²) in [6.45, 7) is 2.71. The Morgan fingerprint density at radius 1 is 1.45 bits per heavy atom. The number of halogens is 1. The van der Waals surface area contributed by atoms with Crippen molar-refractivity contribution in [2.75, 3.05) is 33.4 Å². The van der Waals surface area contributed by atoms with Crippen LogP contribution in [0.2, 0.25) is 0 Å². The highest BCUT2D eigenvalue weighted by atomic mass is 79.9. The van der Waals surface area contributed by atoms with Gasteiger partial charge < -0.3 is 15.4 Å². The first kappa shape index (κ1) is 15.5. The van der Waals surface area contributed by atoms with Gasteiger partial charge in [0.15, 0.2) is 0 Å². The molecule has 20 heavy (non-hydrogen) atoms. The molecule has 5 heteroatoms. The summed E-state index contributed by atoms with van der Waals surface area (Å²) in [4.78, 5) is 12.4. The zero-order valence-corrected chi connectivity index (χ0v) is 13.3. The minimum atomic E-state index is -0.394. The van der Waals surface area contributed by atoms with E-state index in [1.807, 2.05) is 12.1 Å². The van der Waals surface area contributed by atoms with E-state index >= 15 is 0 Å². The predicted octanol–water partition coefficient (Wildman–Crippen LogP) is 1.73. The lowest BCUT2D eigenvalue weighted by molar-refractivity contribution is -0.132. The molecule has 110 valence electrons. The zero-order valence-electron chi connectivity index (χ0n) is 11.7. The first-order valence-corrected chi connectivity index (χ1v) is 7.68. The minimum absolute atomic E-state index is 0.0986. The van der Waals surface area contributed by atoms with E-state index in [1.165, 1.54) is 5.56 Å². The Bertz CT molecular complexity index is 442. The minimum Gasteiger partial charge on any atom is -0.384 e. The molecule has 0 saturated carbocycles. The lowest BCUT2D eigenvalue weighted by atomic mass is 9.87. The smallest absolute Gasteiger partial charge is 0.229 e. The molecule has 2 N–H and O–H groups in total.